The van der Waals surface area contributed by atoms with Crippen molar-refractivity contribution in [2.45, 2.75) is 0 Å². The average molecular weight is 234 g/mol. The largest absolute Gasteiger partial charge is 0.375 e. The fraction of sp³-hybridized carbons (Fsp3) is 0.500. The summed E-state index contributed by atoms with van der Waals surface area (Å²) in [6, 6.07) is 0. The van der Waals surface area contributed by atoms with Crippen LogP contribution in [0.1, 0.15) is 0 Å². The van der Waals surface area contributed by atoms with Gasteiger partial charge in [-0.25, -0.2) is 5.48 Å². The van der Waals surface area contributed by atoms with Crippen molar-refractivity contribution in [3.8, 4) is 0 Å². The second-order valence-corrected chi connectivity index (χ2v) is 3.27. The van der Waals surface area contributed by atoms with Crippen LogP contribution in [0.3, 0.4) is 0 Å². The average Bonchev–Trinajstić information content (AvgIpc) is 1.59. The van der Waals surface area contributed by atoms with Gasteiger partial charge in [-0.15, -0.1) is 4.28 Å². The standard InChI is InChI=1S/C2H6N2O3S2.Cu/c1-9(5,6)7-4-2(3)8;/h1H3,(H3,3,4,8);. The first-order chi connectivity index (χ1) is 3.92. The molecule has 0 bridgehead atoms. The maximum absolute atomic E-state index is 10.1. The fourth-order valence-corrected chi connectivity index (χ4v) is 0.452. The molecule has 0 heterocycles. The fourth-order valence-electron chi connectivity index (χ4n) is 0.117. The van der Waals surface area contributed by atoms with Crippen LogP contribution in [0, 0.1) is 0 Å². The molecule has 8 heteroatoms. The van der Waals surface area contributed by atoms with Gasteiger partial charge in [0.05, 0.1) is 6.26 Å². The van der Waals surface area contributed by atoms with Crippen LogP contribution < -0.4 is 11.2 Å². The number of hydrogen-bond donors (Lipinski definition) is 2. The Kier molecular flexibility index (Phi) is 6.21. The van der Waals surface area contributed by atoms with Crippen molar-refractivity contribution in [3.05, 3.63) is 0 Å². The first-order valence-corrected chi connectivity index (χ1v) is 4.08. The van der Waals surface area contributed by atoms with Crippen molar-refractivity contribution in [2.75, 3.05) is 6.26 Å². The summed E-state index contributed by atoms with van der Waals surface area (Å²) >= 11 is 4.24. The summed E-state index contributed by atoms with van der Waals surface area (Å²) < 4.78 is 24.2. The summed E-state index contributed by atoms with van der Waals surface area (Å²) in [7, 11) is -3.50. The Morgan fingerprint density at radius 2 is 2.10 bits per heavy atom. The van der Waals surface area contributed by atoms with E-state index < -0.39 is 10.1 Å². The molecule has 0 rings (SSSR count). The third-order valence-corrected chi connectivity index (χ3v) is 0.763. The first kappa shape index (κ1) is 12.8. The van der Waals surface area contributed by atoms with Crippen LogP contribution in [0.2, 0.25) is 0 Å². The molecule has 1 radical (unpaired) electrons. The maximum Gasteiger partial charge on any atom is 0.285 e. The van der Waals surface area contributed by atoms with E-state index in [1.165, 1.54) is 0 Å². The van der Waals surface area contributed by atoms with E-state index in [0.717, 1.165) is 6.26 Å². The van der Waals surface area contributed by atoms with E-state index in [9.17, 15) is 8.42 Å². The van der Waals surface area contributed by atoms with E-state index in [1.807, 2.05) is 0 Å². The SMILES string of the molecule is CS(=O)(=O)ONC(N)=S.[Cu]. The summed E-state index contributed by atoms with van der Waals surface area (Å²) in [6.07, 6.45) is 0.873. The number of nitrogens with two attached hydrogens (primary N) is 1. The molecular formula is C2H6CuN2O3S2. The molecule has 0 saturated heterocycles. The zero-order chi connectivity index (χ0) is 7.49. The van der Waals surface area contributed by atoms with E-state index in [2.05, 4.69) is 16.5 Å². The van der Waals surface area contributed by atoms with Gasteiger partial charge in [-0.3, -0.25) is 0 Å². The monoisotopic (exact) mass is 233 g/mol. The second kappa shape index (κ2) is 4.86. The van der Waals surface area contributed by atoms with Gasteiger partial charge in [-0.05, 0) is 12.2 Å². The maximum atomic E-state index is 10.1. The smallest absolute Gasteiger partial charge is 0.285 e. The Hall–Kier alpha value is 0.119. The van der Waals surface area contributed by atoms with Gasteiger partial charge in [0.1, 0.15) is 0 Å². The summed E-state index contributed by atoms with van der Waals surface area (Å²) in [5.74, 6) is 0. The third-order valence-electron chi connectivity index (χ3n) is 0.294. The van der Waals surface area contributed by atoms with Gasteiger partial charge in [-0.2, -0.15) is 8.42 Å². The molecule has 10 heavy (non-hydrogen) atoms. The van der Waals surface area contributed by atoms with E-state index in [1.54, 1.807) is 5.48 Å². The van der Waals surface area contributed by atoms with Gasteiger partial charge >= 0.3 is 0 Å². The van der Waals surface area contributed by atoms with Crippen LogP contribution in [-0.4, -0.2) is 19.8 Å². The van der Waals surface area contributed by atoms with E-state index in [-0.39, 0.29) is 22.2 Å². The Morgan fingerprint density at radius 3 is 2.20 bits per heavy atom. The Balaban J connectivity index is 0. The normalized spacial score (nSPS) is 9.70. The van der Waals surface area contributed by atoms with E-state index in [4.69, 9.17) is 5.73 Å². The number of nitrogens with one attached hydrogen (secondary N) is 1. The predicted octanol–water partition coefficient (Wildman–Crippen LogP) is -1.29. The topological polar surface area (TPSA) is 81.4 Å². The second-order valence-electron chi connectivity index (χ2n) is 1.25. The van der Waals surface area contributed by atoms with Crippen LogP contribution in [0.15, 0.2) is 0 Å². The van der Waals surface area contributed by atoms with Crippen LogP contribution >= 0.6 is 12.2 Å². The molecule has 0 amide bonds. The molecule has 0 atom stereocenters. The molecule has 0 saturated carbocycles. The van der Waals surface area contributed by atoms with Gasteiger partial charge in [0.15, 0.2) is 5.11 Å². The minimum absolute atomic E-state index is 0. The zero-order valence-corrected chi connectivity index (χ0v) is 7.49. The number of hydroxylamine groups is 1. The Labute approximate surface area is 74.9 Å². The van der Waals surface area contributed by atoms with Crippen LogP contribution in [0.4, 0.5) is 0 Å². The molecular weight excluding hydrogens is 228 g/mol. The van der Waals surface area contributed by atoms with Crippen molar-refractivity contribution < 1.29 is 29.8 Å². The molecule has 0 spiro atoms. The molecule has 0 aromatic carbocycles. The Bertz CT molecular complexity index is 201. The molecule has 65 valence electrons. The van der Waals surface area contributed by atoms with Crippen LogP contribution in [0.5, 0.6) is 0 Å². The van der Waals surface area contributed by atoms with Gasteiger partial charge in [0, 0.05) is 17.1 Å². The number of rotatable bonds is 2. The van der Waals surface area contributed by atoms with E-state index >= 15 is 0 Å². The molecule has 0 aromatic rings. The molecule has 0 aliphatic carbocycles. The van der Waals surface area contributed by atoms with Gasteiger partial charge in [0.2, 0.25) is 0 Å². The van der Waals surface area contributed by atoms with Crippen molar-refractivity contribution in [1.82, 2.24) is 5.48 Å². The van der Waals surface area contributed by atoms with Gasteiger partial charge in [-0.1, -0.05) is 0 Å². The minimum atomic E-state index is -3.50. The summed E-state index contributed by atoms with van der Waals surface area (Å²) in [5, 5.41) is -0.222. The molecule has 5 nitrogen and oxygen atoms in total. The molecule has 0 fully saturated rings. The molecule has 0 unspecified atom stereocenters. The van der Waals surface area contributed by atoms with Gasteiger partial charge in [0.25, 0.3) is 10.1 Å². The van der Waals surface area contributed by atoms with Crippen molar-refractivity contribution in [3.63, 3.8) is 0 Å². The third kappa shape index (κ3) is 11.0. The minimum Gasteiger partial charge on any atom is -0.375 e. The first-order valence-electron chi connectivity index (χ1n) is 1.86. The number of thiocarbonyl (C=S) groups is 1. The molecule has 3 N–H and O–H groups in total. The van der Waals surface area contributed by atoms with Crippen molar-refractivity contribution >= 4 is 27.4 Å². The van der Waals surface area contributed by atoms with Crippen molar-refractivity contribution in [2.24, 2.45) is 5.73 Å². The molecule has 0 aliphatic heterocycles. The Morgan fingerprint density at radius 1 is 1.70 bits per heavy atom. The predicted molar refractivity (Wildman–Crippen MR) is 35.8 cm³/mol. The molecule has 0 aromatic heterocycles. The zero-order valence-electron chi connectivity index (χ0n) is 4.92. The van der Waals surface area contributed by atoms with Crippen molar-refractivity contribution in [1.29, 1.82) is 0 Å². The summed E-state index contributed by atoms with van der Waals surface area (Å²) in [4.78, 5) is 0. The summed E-state index contributed by atoms with van der Waals surface area (Å²) in [5.41, 5.74) is 6.64. The van der Waals surface area contributed by atoms with E-state index in [0.29, 0.717) is 0 Å². The van der Waals surface area contributed by atoms with Crippen LogP contribution in [-0.2, 0) is 31.5 Å². The van der Waals surface area contributed by atoms with Gasteiger partial charge < -0.3 is 5.73 Å². The quantitative estimate of drug-likeness (QED) is 0.351. The summed E-state index contributed by atoms with van der Waals surface area (Å²) in [6.45, 7) is 0. The molecule has 0 aliphatic rings. The van der Waals surface area contributed by atoms with Crippen LogP contribution in [0.25, 0.3) is 0 Å². The number of hydrogen-bond acceptors (Lipinski definition) is 4.